The van der Waals surface area contributed by atoms with Crippen molar-refractivity contribution in [2.75, 3.05) is 6.26 Å². The van der Waals surface area contributed by atoms with Gasteiger partial charge in [-0.25, -0.2) is 8.42 Å². The van der Waals surface area contributed by atoms with Crippen molar-refractivity contribution in [3.8, 4) is 0 Å². The number of aliphatic carboxylic acids is 1. The first-order valence-electron chi connectivity index (χ1n) is 5.87. The number of amides is 1. The maximum Gasteiger partial charge on any atom is 0.303 e. The predicted molar refractivity (Wildman–Crippen MR) is 72.4 cm³/mol. The number of carbonyl (C=O) groups excluding carboxylic acids is 1. The van der Waals surface area contributed by atoms with Crippen LogP contribution in [0.1, 0.15) is 19.8 Å². The lowest BCUT2D eigenvalue weighted by molar-refractivity contribution is -0.137. The van der Waals surface area contributed by atoms with E-state index in [0.717, 1.165) is 11.7 Å². The number of hydrogen-bond donors (Lipinski definition) is 4. The summed E-state index contributed by atoms with van der Waals surface area (Å²) in [5.74, 6) is -1.76. The van der Waals surface area contributed by atoms with Gasteiger partial charge in [-0.15, -0.1) is 0 Å². The topological polar surface area (TPSA) is 147 Å². The SMILES string of the molecule is C[C@@H](O)[C@H](N)C(=O)N[C@@H](/C=C/S(C)(=O)=O)CCC(=O)O. The Labute approximate surface area is 117 Å². The molecule has 0 saturated carbocycles. The van der Waals surface area contributed by atoms with E-state index in [1.165, 1.54) is 13.0 Å². The first-order valence-corrected chi connectivity index (χ1v) is 7.82. The molecule has 0 aliphatic carbocycles. The van der Waals surface area contributed by atoms with Gasteiger partial charge in [0.1, 0.15) is 6.04 Å². The molecule has 0 heterocycles. The molecule has 0 aliphatic rings. The van der Waals surface area contributed by atoms with E-state index in [4.69, 9.17) is 10.8 Å². The molecule has 3 atom stereocenters. The molecule has 0 aromatic heterocycles. The second-order valence-electron chi connectivity index (χ2n) is 4.47. The Balaban J connectivity index is 4.81. The smallest absolute Gasteiger partial charge is 0.303 e. The van der Waals surface area contributed by atoms with E-state index in [-0.39, 0.29) is 12.8 Å². The highest BCUT2D eigenvalue weighted by Gasteiger charge is 2.21. The molecule has 0 aliphatic heterocycles. The van der Waals surface area contributed by atoms with Gasteiger partial charge in [-0.2, -0.15) is 0 Å². The van der Waals surface area contributed by atoms with Gasteiger partial charge < -0.3 is 21.3 Å². The molecule has 0 fully saturated rings. The Morgan fingerprint density at radius 3 is 2.35 bits per heavy atom. The molecule has 9 heteroatoms. The fourth-order valence-electron chi connectivity index (χ4n) is 1.23. The third-order valence-corrected chi connectivity index (χ3v) is 3.03. The van der Waals surface area contributed by atoms with Crippen LogP contribution in [0.3, 0.4) is 0 Å². The number of hydrogen-bond acceptors (Lipinski definition) is 6. The Bertz CT molecular complexity index is 471. The van der Waals surface area contributed by atoms with Crippen molar-refractivity contribution in [3.05, 3.63) is 11.5 Å². The first kappa shape index (κ1) is 18.6. The van der Waals surface area contributed by atoms with Crippen molar-refractivity contribution in [1.82, 2.24) is 5.32 Å². The number of carboxylic acid groups (broad SMARTS) is 1. The fourth-order valence-corrected chi connectivity index (χ4v) is 1.71. The van der Waals surface area contributed by atoms with Crippen LogP contribution < -0.4 is 11.1 Å². The molecular formula is C11H20N2O6S. The lowest BCUT2D eigenvalue weighted by Gasteiger charge is -2.19. The van der Waals surface area contributed by atoms with Gasteiger partial charge in [0.25, 0.3) is 0 Å². The van der Waals surface area contributed by atoms with Crippen molar-refractivity contribution < 1.29 is 28.2 Å². The molecule has 0 spiro atoms. The summed E-state index contributed by atoms with van der Waals surface area (Å²) in [4.78, 5) is 22.2. The quantitative estimate of drug-likeness (QED) is 0.431. The molecule has 20 heavy (non-hydrogen) atoms. The van der Waals surface area contributed by atoms with E-state index in [1.807, 2.05) is 0 Å². The van der Waals surface area contributed by atoms with E-state index in [1.54, 1.807) is 0 Å². The first-order chi connectivity index (χ1) is 9.03. The molecule has 0 saturated heterocycles. The number of sulfone groups is 1. The van der Waals surface area contributed by atoms with E-state index >= 15 is 0 Å². The normalized spacial score (nSPS) is 16.6. The Morgan fingerprint density at radius 2 is 1.95 bits per heavy atom. The Morgan fingerprint density at radius 1 is 1.40 bits per heavy atom. The van der Waals surface area contributed by atoms with Crippen LogP contribution in [0.15, 0.2) is 11.5 Å². The van der Waals surface area contributed by atoms with Gasteiger partial charge in [-0.05, 0) is 13.3 Å². The van der Waals surface area contributed by atoms with Gasteiger partial charge in [-0.1, -0.05) is 6.08 Å². The number of aliphatic hydroxyl groups is 1. The summed E-state index contributed by atoms with van der Waals surface area (Å²) in [5, 5.41) is 21.1. The zero-order valence-corrected chi connectivity index (χ0v) is 12.1. The third kappa shape index (κ3) is 8.62. The van der Waals surface area contributed by atoms with Gasteiger partial charge in [0.05, 0.1) is 6.10 Å². The molecular weight excluding hydrogens is 288 g/mol. The molecule has 0 rings (SSSR count). The van der Waals surface area contributed by atoms with Crippen molar-refractivity contribution in [2.45, 2.75) is 38.0 Å². The molecule has 8 nitrogen and oxygen atoms in total. The van der Waals surface area contributed by atoms with Crippen LogP contribution in [-0.4, -0.2) is 55.0 Å². The predicted octanol–water partition coefficient (Wildman–Crippen LogP) is -1.40. The van der Waals surface area contributed by atoms with Gasteiger partial charge >= 0.3 is 5.97 Å². The minimum absolute atomic E-state index is 0.0135. The summed E-state index contributed by atoms with van der Waals surface area (Å²) in [6.07, 6.45) is 0.850. The summed E-state index contributed by atoms with van der Waals surface area (Å²) >= 11 is 0. The van der Waals surface area contributed by atoms with E-state index in [2.05, 4.69) is 5.32 Å². The highest BCUT2D eigenvalue weighted by atomic mass is 32.2. The van der Waals surface area contributed by atoms with Crippen LogP contribution >= 0.6 is 0 Å². The zero-order chi connectivity index (χ0) is 15.9. The van der Waals surface area contributed by atoms with Gasteiger partial charge in [0.2, 0.25) is 5.91 Å². The summed E-state index contributed by atoms with van der Waals surface area (Å²) in [6.45, 7) is 1.34. The summed E-state index contributed by atoms with van der Waals surface area (Å²) in [5.41, 5.74) is 5.43. The largest absolute Gasteiger partial charge is 0.481 e. The maximum atomic E-state index is 11.6. The van der Waals surface area contributed by atoms with E-state index in [9.17, 15) is 23.1 Å². The van der Waals surface area contributed by atoms with Crippen LogP contribution in [0.4, 0.5) is 0 Å². The highest BCUT2D eigenvalue weighted by Crippen LogP contribution is 2.02. The Hall–Kier alpha value is -1.45. The van der Waals surface area contributed by atoms with Crippen LogP contribution in [0, 0.1) is 0 Å². The number of nitrogens with two attached hydrogens (primary N) is 1. The second-order valence-corrected chi connectivity index (χ2v) is 6.40. The lowest BCUT2D eigenvalue weighted by atomic mass is 10.1. The number of rotatable bonds is 8. The Kier molecular flexibility index (Phi) is 7.40. The van der Waals surface area contributed by atoms with Gasteiger partial charge in [0, 0.05) is 24.1 Å². The molecule has 0 aromatic carbocycles. The number of carboxylic acids is 1. The van der Waals surface area contributed by atoms with Gasteiger partial charge in [-0.3, -0.25) is 9.59 Å². The molecule has 0 bridgehead atoms. The summed E-state index contributed by atoms with van der Waals surface area (Å²) in [6, 6.07) is -1.97. The molecule has 1 amide bonds. The number of nitrogens with one attached hydrogen (secondary N) is 1. The molecule has 116 valence electrons. The average Bonchev–Trinajstić information content (AvgIpc) is 2.29. The van der Waals surface area contributed by atoms with E-state index < -0.39 is 39.9 Å². The van der Waals surface area contributed by atoms with Gasteiger partial charge in [0.15, 0.2) is 9.84 Å². The van der Waals surface area contributed by atoms with Crippen molar-refractivity contribution in [1.29, 1.82) is 0 Å². The zero-order valence-electron chi connectivity index (χ0n) is 11.3. The second kappa shape index (κ2) is 7.98. The van der Waals surface area contributed by atoms with Crippen molar-refractivity contribution in [3.63, 3.8) is 0 Å². The monoisotopic (exact) mass is 308 g/mol. The average molecular weight is 308 g/mol. The van der Waals surface area contributed by atoms with Crippen LogP contribution in [-0.2, 0) is 19.4 Å². The lowest BCUT2D eigenvalue weighted by Crippen LogP contribution is -2.50. The standard InChI is InChI=1S/C11H20N2O6S/c1-7(14)10(12)11(17)13-8(3-4-9(15)16)5-6-20(2,18)19/h5-8,10,14H,3-4,12H2,1-2H3,(H,13,17)(H,15,16)/b6-5+/t7-,8-,10+/m1/s1. The number of carbonyl (C=O) groups is 2. The minimum Gasteiger partial charge on any atom is -0.481 e. The third-order valence-electron chi connectivity index (χ3n) is 2.38. The van der Waals surface area contributed by atoms with Crippen LogP contribution in [0.5, 0.6) is 0 Å². The highest BCUT2D eigenvalue weighted by molar-refractivity contribution is 7.93. The van der Waals surface area contributed by atoms with Crippen LogP contribution in [0.2, 0.25) is 0 Å². The molecule has 0 radical (unpaired) electrons. The summed E-state index contributed by atoms with van der Waals surface area (Å²) in [7, 11) is -3.39. The fraction of sp³-hybridized carbons (Fsp3) is 0.636. The minimum atomic E-state index is -3.39. The van der Waals surface area contributed by atoms with Crippen molar-refractivity contribution >= 4 is 21.7 Å². The molecule has 0 unspecified atom stereocenters. The molecule has 0 aromatic rings. The van der Waals surface area contributed by atoms with Crippen LogP contribution in [0.25, 0.3) is 0 Å². The van der Waals surface area contributed by atoms with Crippen molar-refractivity contribution in [2.24, 2.45) is 5.73 Å². The summed E-state index contributed by atoms with van der Waals surface area (Å²) < 4.78 is 22.0. The molecule has 5 N–H and O–H groups in total. The maximum absolute atomic E-state index is 11.6. The van der Waals surface area contributed by atoms with E-state index in [0.29, 0.717) is 0 Å². The number of aliphatic hydroxyl groups excluding tert-OH is 1.